The van der Waals surface area contributed by atoms with Crippen LogP contribution < -0.4 is 18.9 Å². The minimum Gasteiger partial charge on any atom is -0.485 e. The van der Waals surface area contributed by atoms with Crippen molar-refractivity contribution in [2.75, 3.05) is 23.2 Å². The number of carboxylic acid groups (broad SMARTS) is 1. The molecule has 1 heterocycles. The molecule has 0 saturated heterocycles. The maximum Gasteiger partial charge on any atom is 0.412 e. The van der Waals surface area contributed by atoms with Gasteiger partial charge in [0.15, 0.2) is 0 Å². The Morgan fingerprint density at radius 1 is 1.30 bits per heavy atom. The van der Waals surface area contributed by atoms with Gasteiger partial charge in [-0.25, -0.2) is 4.79 Å². The molecule has 1 aliphatic heterocycles. The van der Waals surface area contributed by atoms with E-state index >= 15 is 0 Å². The summed E-state index contributed by atoms with van der Waals surface area (Å²) in [5.41, 5.74) is 1.26. The number of fused-ring (bicyclic) bond motifs is 1. The Kier molecular flexibility index (Phi) is 7.34. The van der Waals surface area contributed by atoms with Crippen LogP contribution in [0.2, 0.25) is 0 Å². The maximum atomic E-state index is 11.9. The fourth-order valence-electron chi connectivity index (χ4n) is 3.18. The summed E-state index contributed by atoms with van der Waals surface area (Å²) in [4.78, 5) is 13.2. The number of para-hydroxylation sites is 2. The zero-order valence-corrected chi connectivity index (χ0v) is 19.9. The average Bonchev–Trinajstić information content (AvgIpc) is 3.02. The van der Waals surface area contributed by atoms with E-state index in [1.807, 2.05) is 63.2 Å². The van der Waals surface area contributed by atoms with Crippen molar-refractivity contribution in [3.63, 3.8) is 0 Å². The molecule has 0 fully saturated rings. The quantitative estimate of drug-likeness (QED) is 0.218. The van der Waals surface area contributed by atoms with Crippen LogP contribution in [0.5, 0.6) is 11.5 Å². The Morgan fingerprint density at radius 2 is 2.03 bits per heavy atom. The molecule has 1 amide bonds. The number of carbonyl (C=O) groups is 1. The van der Waals surface area contributed by atoms with E-state index in [0.29, 0.717) is 17.7 Å². The van der Waals surface area contributed by atoms with Gasteiger partial charge in [-0.2, -0.15) is 0 Å². The van der Waals surface area contributed by atoms with Gasteiger partial charge < -0.3 is 14.4 Å². The molecule has 9 heteroatoms. The molecule has 6 nitrogen and oxygen atoms in total. The van der Waals surface area contributed by atoms with Gasteiger partial charge in [-0.05, 0) is 32.0 Å². The molecule has 2 N–H and O–H groups in total. The third-order valence-corrected chi connectivity index (χ3v) is 9.17. The second-order valence-electron chi connectivity index (χ2n) is 7.63. The SMILES string of the molecule is CCP(=S)(CNSCN(C(=O)O)c1cccc2c1OC(C)(C)C2)Oc1ccccc1. The number of hydrogen-bond donors (Lipinski definition) is 2. The number of ether oxygens (including phenoxy) is 1. The Labute approximate surface area is 187 Å². The molecule has 1 aliphatic rings. The fraction of sp³-hybridized carbons (Fsp3) is 0.381. The maximum absolute atomic E-state index is 11.9. The van der Waals surface area contributed by atoms with E-state index in [1.165, 1.54) is 16.8 Å². The molecule has 30 heavy (non-hydrogen) atoms. The number of nitrogens with one attached hydrogen (secondary N) is 1. The molecule has 0 aromatic heterocycles. The minimum absolute atomic E-state index is 0.208. The van der Waals surface area contributed by atoms with E-state index < -0.39 is 12.4 Å². The summed E-state index contributed by atoms with van der Waals surface area (Å²) in [5, 5.41) is 9.78. The lowest BCUT2D eigenvalue weighted by Gasteiger charge is -2.25. The first kappa shape index (κ1) is 22.9. The predicted molar refractivity (Wildman–Crippen MR) is 128 cm³/mol. The number of rotatable bonds is 9. The lowest BCUT2D eigenvalue weighted by molar-refractivity contribution is 0.138. The molecule has 0 aliphatic carbocycles. The summed E-state index contributed by atoms with van der Waals surface area (Å²) in [7, 11) is 0. The molecular weight excluding hydrogens is 439 g/mol. The summed E-state index contributed by atoms with van der Waals surface area (Å²) in [6, 6.07) is 15.2. The van der Waals surface area contributed by atoms with Gasteiger partial charge in [0, 0.05) is 18.1 Å². The van der Waals surface area contributed by atoms with Crippen LogP contribution in [0.1, 0.15) is 26.3 Å². The van der Waals surface area contributed by atoms with Crippen molar-refractivity contribution in [3.05, 3.63) is 54.1 Å². The molecule has 0 radical (unpaired) electrons. The highest BCUT2D eigenvalue weighted by molar-refractivity contribution is 8.12. The average molecular weight is 467 g/mol. The van der Waals surface area contributed by atoms with Crippen LogP contribution in [0.15, 0.2) is 48.5 Å². The summed E-state index contributed by atoms with van der Waals surface area (Å²) in [6.45, 7) is 6.02. The Morgan fingerprint density at radius 3 is 2.70 bits per heavy atom. The lowest BCUT2D eigenvalue weighted by Crippen LogP contribution is -2.31. The molecule has 0 bridgehead atoms. The monoisotopic (exact) mass is 466 g/mol. The number of nitrogens with zero attached hydrogens (tertiary/aromatic N) is 1. The third kappa shape index (κ3) is 5.70. The standard InChI is InChI=1S/C21H27N2O4PS2/c1-4-28(29,27-17-10-6-5-7-11-17)14-22-30-15-23(20(24)25)18-12-8-9-16-13-21(2,3)26-19(16)18/h5-12,22H,4,13-15H2,1-3H3,(H,24,25). The largest absolute Gasteiger partial charge is 0.485 e. The van der Waals surface area contributed by atoms with Crippen LogP contribution in [-0.2, 0) is 18.2 Å². The van der Waals surface area contributed by atoms with Gasteiger partial charge in [0.1, 0.15) is 23.4 Å². The summed E-state index contributed by atoms with van der Waals surface area (Å²) in [5.74, 6) is 1.62. The molecule has 0 saturated carbocycles. The van der Waals surface area contributed by atoms with E-state index in [2.05, 4.69) is 4.72 Å². The molecule has 0 spiro atoms. The predicted octanol–water partition coefficient (Wildman–Crippen LogP) is 5.53. The molecule has 1 unspecified atom stereocenters. The minimum atomic E-state index is -2.10. The second kappa shape index (κ2) is 9.60. The van der Waals surface area contributed by atoms with E-state index in [1.54, 1.807) is 6.07 Å². The first-order chi connectivity index (χ1) is 14.2. The molecular formula is C21H27N2O4PS2. The summed E-state index contributed by atoms with van der Waals surface area (Å²) in [6.07, 6.45) is -1.13. The highest BCUT2D eigenvalue weighted by atomic mass is 32.4. The van der Waals surface area contributed by atoms with Crippen molar-refractivity contribution in [2.24, 2.45) is 0 Å². The van der Waals surface area contributed by atoms with Crippen molar-refractivity contribution in [1.29, 1.82) is 0 Å². The molecule has 2 aromatic rings. The number of amides is 1. The van der Waals surface area contributed by atoms with Gasteiger partial charge in [-0.1, -0.05) is 61.0 Å². The molecule has 3 rings (SSSR count). The highest BCUT2D eigenvalue weighted by Gasteiger charge is 2.34. The van der Waals surface area contributed by atoms with Crippen molar-refractivity contribution >= 4 is 41.8 Å². The van der Waals surface area contributed by atoms with Gasteiger partial charge >= 0.3 is 6.09 Å². The van der Waals surface area contributed by atoms with E-state index in [0.717, 1.165) is 23.9 Å². The normalized spacial score (nSPS) is 16.2. The van der Waals surface area contributed by atoms with Crippen LogP contribution in [0.3, 0.4) is 0 Å². The van der Waals surface area contributed by atoms with Crippen LogP contribution >= 0.6 is 18.2 Å². The van der Waals surface area contributed by atoms with Crippen molar-refractivity contribution < 1.29 is 19.2 Å². The molecule has 1 atom stereocenters. The van der Waals surface area contributed by atoms with Crippen LogP contribution in [-0.4, -0.2) is 35.1 Å². The van der Waals surface area contributed by atoms with Crippen molar-refractivity contribution in [1.82, 2.24) is 4.72 Å². The van der Waals surface area contributed by atoms with E-state index in [4.69, 9.17) is 21.1 Å². The first-order valence-electron chi connectivity index (χ1n) is 9.72. The number of anilines is 1. The number of benzene rings is 2. The molecule has 162 valence electrons. The topological polar surface area (TPSA) is 71.0 Å². The van der Waals surface area contributed by atoms with Gasteiger partial charge in [-0.3, -0.25) is 9.62 Å². The Balaban J connectivity index is 1.62. The summed E-state index contributed by atoms with van der Waals surface area (Å²) >= 11 is 7.07. The van der Waals surface area contributed by atoms with Gasteiger partial charge in [0.2, 0.25) is 0 Å². The zero-order valence-electron chi connectivity index (χ0n) is 17.3. The van der Waals surface area contributed by atoms with E-state index in [9.17, 15) is 9.90 Å². The first-order valence-corrected chi connectivity index (χ1v) is 13.8. The zero-order chi connectivity index (χ0) is 21.8. The van der Waals surface area contributed by atoms with Crippen LogP contribution in [0.25, 0.3) is 0 Å². The Hall–Kier alpha value is -1.73. The van der Waals surface area contributed by atoms with E-state index in [-0.39, 0.29) is 11.5 Å². The van der Waals surface area contributed by atoms with Gasteiger partial charge in [0.05, 0.1) is 17.9 Å². The lowest BCUT2D eigenvalue weighted by atomic mass is 10.0. The third-order valence-electron chi connectivity index (χ3n) is 4.69. The second-order valence-corrected chi connectivity index (χ2v) is 13.2. The fourth-order valence-corrected chi connectivity index (χ4v) is 6.45. The Bertz CT molecular complexity index is 940. The van der Waals surface area contributed by atoms with Crippen LogP contribution in [0.4, 0.5) is 10.5 Å². The summed E-state index contributed by atoms with van der Waals surface area (Å²) < 4.78 is 15.3. The van der Waals surface area contributed by atoms with Gasteiger partial charge in [-0.15, -0.1) is 0 Å². The van der Waals surface area contributed by atoms with Gasteiger partial charge in [0.25, 0.3) is 0 Å². The highest BCUT2D eigenvalue weighted by Crippen LogP contribution is 2.46. The van der Waals surface area contributed by atoms with Crippen molar-refractivity contribution in [3.8, 4) is 11.5 Å². The smallest absolute Gasteiger partial charge is 0.412 e. The van der Waals surface area contributed by atoms with Crippen LogP contribution in [0, 0.1) is 0 Å². The number of hydrogen-bond acceptors (Lipinski definition) is 6. The molecule has 2 aromatic carbocycles. The van der Waals surface area contributed by atoms with Crippen molar-refractivity contribution in [2.45, 2.75) is 32.8 Å².